The topological polar surface area (TPSA) is 20.5 Å². The van der Waals surface area contributed by atoms with Gasteiger partial charge in [0.15, 0.2) is 0 Å². The van der Waals surface area contributed by atoms with E-state index in [2.05, 4.69) is 21.3 Å². The zero-order valence-corrected chi connectivity index (χ0v) is 11.4. The summed E-state index contributed by atoms with van der Waals surface area (Å²) < 4.78 is 2.13. The van der Waals surface area contributed by atoms with E-state index in [0.29, 0.717) is 0 Å². The van der Waals surface area contributed by atoms with Gasteiger partial charge in [0, 0.05) is 12.6 Å². The first-order valence-electron chi connectivity index (χ1n) is 6.52. The molecular formula is C14H18ClN3. The molecule has 0 amide bonds. The summed E-state index contributed by atoms with van der Waals surface area (Å²) in [5, 5.41) is 0.769. The first-order chi connectivity index (χ1) is 8.72. The van der Waals surface area contributed by atoms with Crippen LogP contribution >= 0.6 is 11.6 Å². The Kier molecular flexibility index (Phi) is 3.27. The highest BCUT2D eigenvalue weighted by Crippen LogP contribution is 2.21. The smallest absolute Gasteiger partial charge is 0.113 e. The second-order valence-electron chi connectivity index (χ2n) is 5.27. The summed E-state index contributed by atoms with van der Waals surface area (Å²) in [6.45, 7) is 2.41. The largest absolute Gasteiger partial charge is 0.306 e. The molecule has 0 N–H and O–H groups in total. The highest BCUT2D eigenvalue weighted by atomic mass is 35.5. The molecule has 0 radical (unpaired) electrons. The number of pyridine rings is 1. The molecule has 96 valence electrons. The van der Waals surface area contributed by atoms with Crippen molar-refractivity contribution in [3.63, 3.8) is 0 Å². The van der Waals surface area contributed by atoms with E-state index < -0.39 is 0 Å². The number of imidazole rings is 1. The van der Waals surface area contributed by atoms with Gasteiger partial charge in [0.25, 0.3) is 0 Å². The summed E-state index contributed by atoms with van der Waals surface area (Å²) in [5.74, 6) is 1.90. The van der Waals surface area contributed by atoms with Crippen LogP contribution in [0.3, 0.4) is 0 Å². The van der Waals surface area contributed by atoms with Crippen LogP contribution in [-0.2, 0) is 6.42 Å². The minimum absolute atomic E-state index is 0.755. The lowest BCUT2D eigenvalue weighted by atomic mass is 9.93. The number of piperidine rings is 1. The summed E-state index contributed by atoms with van der Waals surface area (Å²) in [6.07, 6.45) is 7.50. The number of rotatable bonds is 2. The third kappa shape index (κ3) is 2.38. The molecule has 2 aromatic rings. The van der Waals surface area contributed by atoms with Gasteiger partial charge in [-0.15, -0.1) is 0 Å². The van der Waals surface area contributed by atoms with E-state index in [-0.39, 0.29) is 0 Å². The van der Waals surface area contributed by atoms with Crippen LogP contribution in [0, 0.1) is 5.92 Å². The zero-order chi connectivity index (χ0) is 12.5. The van der Waals surface area contributed by atoms with Crippen LogP contribution < -0.4 is 0 Å². The van der Waals surface area contributed by atoms with Gasteiger partial charge in [-0.3, -0.25) is 0 Å². The summed E-state index contributed by atoms with van der Waals surface area (Å²) in [7, 11) is 2.20. The average molecular weight is 264 g/mol. The molecule has 1 aliphatic heterocycles. The first kappa shape index (κ1) is 12.0. The molecule has 18 heavy (non-hydrogen) atoms. The van der Waals surface area contributed by atoms with Crippen LogP contribution in [0.5, 0.6) is 0 Å². The van der Waals surface area contributed by atoms with E-state index >= 15 is 0 Å². The molecule has 3 heterocycles. The Morgan fingerprint density at radius 1 is 1.33 bits per heavy atom. The highest BCUT2D eigenvalue weighted by molar-refractivity contribution is 6.30. The maximum Gasteiger partial charge on any atom is 0.113 e. The van der Waals surface area contributed by atoms with Crippen molar-refractivity contribution in [3.8, 4) is 0 Å². The van der Waals surface area contributed by atoms with Crippen molar-refractivity contribution in [2.45, 2.75) is 19.3 Å². The predicted molar refractivity (Wildman–Crippen MR) is 74.1 cm³/mol. The van der Waals surface area contributed by atoms with Crippen molar-refractivity contribution >= 4 is 17.1 Å². The maximum absolute atomic E-state index is 6.05. The van der Waals surface area contributed by atoms with Crippen LogP contribution in [0.1, 0.15) is 18.7 Å². The lowest BCUT2D eigenvalue weighted by Gasteiger charge is -2.28. The quantitative estimate of drug-likeness (QED) is 0.831. The first-order valence-corrected chi connectivity index (χ1v) is 6.90. The molecule has 0 aromatic carbocycles. The van der Waals surface area contributed by atoms with E-state index in [1.54, 1.807) is 0 Å². The standard InChI is InChI=1S/C14H18ClN3/c1-17-6-4-11(5-7-17)8-14-16-9-13-3-2-12(15)10-18(13)14/h2-3,9-11H,4-8H2,1H3. The second-order valence-corrected chi connectivity index (χ2v) is 5.70. The number of nitrogens with zero attached hydrogens (tertiary/aromatic N) is 3. The van der Waals surface area contributed by atoms with Crippen molar-refractivity contribution in [3.05, 3.63) is 35.4 Å². The van der Waals surface area contributed by atoms with Gasteiger partial charge in [-0.2, -0.15) is 0 Å². The van der Waals surface area contributed by atoms with Crippen molar-refractivity contribution < 1.29 is 0 Å². The molecule has 0 saturated carbocycles. The van der Waals surface area contributed by atoms with E-state index in [1.165, 1.54) is 25.9 Å². The summed E-state index contributed by atoms with van der Waals surface area (Å²) in [4.78, 5) is 6.94. The van der Waals surface area contributed by atoms with Crippen molar-refractivity contribution in [1.29, 1.82) is 0 Å². The second kappa shape index (κ2) is 4.90. The predicted octanol–water partition coefficient (Wildman–Crippen LogP) is 2.87. The third-order valence-corrected chi connectivity index (χ3v) is 4.10. The number of halogens is 1. The Labute approximate surface area is 112 Å². The van der Waals surface area contributed by atoms with Crippen molar-refractivity contribution in [2.75, 3.05) is 20.1 Å². The fourth-order valence-corrected chi connectivity index (χ4v) is 2.85. The van der Waals surface area contributed by atoms with Crippen molar-refractivity contribution in [2.24, 2.45) is 5.92 Å². The number of hydrogen-bond acceptors (Lipinski definition) is 2. The molecule has 3 nitrogen and oxygen atoms in total. The zero-order valence-electron chi connectivity index (χ0n) is 10.6. The van der Waals surface area contributed by atoms with Gasteiger partial charge >= 0.3 is 0 Å². The van der Waals surface area contributed by atoms with Crippen molar-refractivity contribution in [1.82, 2.24) is 14.3 Å². The molecule has 0 bridgehead atoms. The number of hydrogen-bond donors (Lipinski definition) is 0. The van der Waals surface area contributed by atoms with Crippen LogP contribution in [0.4, 0.5) is 0 Å². The number of likely N-dealkylation sites (tertiary alicyclic amines) is 1. The summed E-state index contributed by atoms with van der Waals surface area (Å²) in [6, 6.07) is 3.94. The molecule has 0 aliphatic carbocycles. The highest BCUT2D eigenvalue weighted by Gasteiger charge is 2.18. The molecule has 4 heteroatoms. The Bertz CT molecular complexity index is 541. The molecule has 3 rings (SSSR count). The minimum Gasteiger partial charge on any atom is -0.306 e. The lowest BCUT2D eigenvalue weighted by molar-refractivity contribution is 0.217. The van der Waals surface area contributed by atoms with Crippen LogP contribution in [0.15, 0.2) is 24.5 Å². The van der Waals surface area contributed by atoms with Gasteiger partial charge in [-0.1, -0.05) is 11.6 Å². The Morgan fingerprint density at radius 2 is 2.11 bits per heavy atom. The minimum atomic E-state index is 0.755. The molecule has 1 saturated heterocycles. The van der Waals surface area contributed by atoms with Gasteiger partial charge in [0.1, 0.15) is 5.82 Å². The van der Waals surface area contributed by atoms with Gasteiger partial charge in [0.05, 0.1) is 16.7 Å². The Balaban J connectivity index is 1.80. The van der Waals surface area contributed by atoms with E-state index in [1.807, 2.05) is 24.5 Å². The van der Waals surface area contributed by atoms with E-state index in [0.717, 1.165) is 28.7 Å². The monoisotopic (exact) mass is 263 g/mol. The molecular weight excluding hydrogens is 246 g/mol. The number of fused-ring (bicyclic) bond motifs is 1. The van der Waals surface area contributed by atoms with Gasteiger partial charge in [0.2, 0.25) is 0 Å². The van der Waals surface area contributed by atoms with Crippen LogP contribution in [0.2, 0.25) is 5.02 Å². The SMILES string of the molecule is CN1CCC(Cc2ncc3ccc(Cl)cn23)CC1. The van der Waals surface area contributed by atoms with Gasteiger partial charge in [-0.25, -0.2) is 4.98 Å². The Hall–Kier alpha value is -1.06. The van der Waals surface area contributed by atoms with E-state index in [4.69, 9.17) is 11.6 Å². The average Bonchev–Trinajstić information content (AvgIpc) is 2.75. The fourth-order valence-electron chi connectivity index (χ4n) is 2.69. The summed E-state index contributed by atoms with van der Waals surface area (Å²) in [5.41, 5.74) is 1.13. The van der Waals surface area contributed by atoms with Gasteiger partial charge < -0.3 is 9.30 Å². The fraction of sp³-hybridized carbons (Fsp3) is 0.500. The van der Waals surface area contributed by atoms with Gasteiger partial charge in [-0.05, 0) is 51.0 Å². The third-order valence-electron chi connectivity index (χ3n) is 3.88. The maximum atomic E-state index is 6.05. The normalized spacial score (nSPS) is 18.6. The molecule has 0 atom stereocenters. The number of aromatic nitrogens is 2. The molecule has 0 spiro atoms. The van der Waals surface area contributed by atoms with Crippen LogP contribution in [-0.4, -0.2) is 34.4 Å². The molecule has 1 aliphatic rings. The summed E-state index contributed by atoms with van der Waals surface area (Å²) >= 11 is 6.05. The molecule has 2 aromatic heterocycles. The lowest BCUT2D eigenvalue weighted by Crippen LogP contribution is -2.31. The molecule has 1 fully saturated rings. The Morgan fingerprint density at radius 3 is 2.89 bits per heavy atom. The molecule has 0 unspecified atom stereocenters. The van der Waals surface area contributed by atoms with E-state index in [9.17, 15) is 0 Å². The van der Waals surface area contributed by atoms with Crippen LogP contribution in [0.25, 0.3) is 5.52 Å².